The number of benzene rings is 1. The van der Waals surface area contributed by atoms with Crippen LogP contribution in [0.25, 0.3) is 5.65 Å². The summed E-state index contributed by atoms with van der Waals surface area (Å²) in [4.78, 5) is 31.2. The van der Waals surface area contributed by atoms with Crippen LogP contribution in [0.5, 0.6) is 0 Å². The quantitative estimate of drug-likeness (QED) is 0.580. The zero-order chi connectivity index (χ0) is 22.1. The Bertz CT molecular complexity index is 1190. The standard InChI is InChI=1S/C23H26N4O4/c1-14-10-18(15(2)24-19-8-4-3-7-17(19)23(30)31)22-25-20(11-21(29)27(22)12-14)26-9-5-6-16(28)13-26/h3-4,7-8,10-12,15-16,24,28H,5-6,9,13H2,1-2H3,(H,30,31). The first-order valence-electron chi connectivity index (χ1n) is 10.4. The van der Waals surface area contributed by atoms with Crippen molar-refractivity contribution >= 4 is 23.1 Å². The van der Waals surface area contributed by atoms with Crippen molar-refractivity contribution in [2.45, 2.75) is 38.8 Å². The molecular weight excluding hydrogens is 396 g/mol. The second-order valence-electron chi connectivity index (χ2n) is 8.08. The van der Waals surface area contributed by atoms with Gasteiger partial charge in [-0.3, -0.25) is 9.20 Å². The van der Waals surface area contributed by atoms with Crippen LogP contribution in [0.3, 0.4) is 0 Å². The lowest BCUT2D eigenvalue weighted by atomic mass is 10.1. The minimum atomic E-state index is -1.01. The third-order valence-electron chi connectivity index (χ3n) is 5.63. The Kier molecular flexibility index (Phi) is 5.65. The topological polar surface area (TPSA) is 107 Å². The Morgan fingerprint density at radius 2 is 2.06 bits per heavy atom. The van der Waals surface area contributed by atoms with Crippen molar-refractivity contribution in [3.05, 3.63) is 69.6 Å². The molecule has 3 aromatic rings. The Morgan fingerprint density at radius 1 is 1.29 bits per heavy atom. The van der Waals surface area contributed by atoms with Crippen LogP contribution in [0.1, 0.15) is 47.3 Å². The number of hydrogen-bond donors (Lipinski definition) is 3. The molecule has 3 N–H and O–H groups in total. The fraction of sp³-hybridized carbons (Fsp3) is 0.348. The molecule has 2 aromatic heterocycles. The SMILES string of the molecule is Cc1cc(C(C)Nc2ccccc2C(=O)O)c2nc(N3CCCC(O)C3)cc(=O)n2c1. The number of aromatic nitrogens is 2. The summed E-state index contributed by atoms with van der Waals surface area (Å²) in [5.41, 5.74) is 2.69. The maximum Gasteiger partial charge on any atom is 0.337 e. The molecule has 1 fully saturated rings. The van der Waals surface area contributed by atoms with Gasteiger partial charge in [-0.1, -0.05) is 12.1 Å². The van der Waals surface area contributed by atoms with E-state index in [1.54, 1.807) is 30.5 Å². The van der Waals surface area contributed by atoms with Gasteiger partial charge in [0.1, 0.15) is 11.5 Å². The van der Waals surface area contributed by atoms with Gasteiger partial charge in [0, 0.05) is 36.6 Å². The molecule has 1 saturated heterocycles. The van der Waals surface area contributed by atoms with Crippen LogP contribution in [0.4, 0.5) is 11.5 Å². The largest absolute Gasteiger partial charge is 0.478 e. The summed E-state index contributed by atoms with van der Waals surface area (Å²) in [5.74, 6) is -0.461. The number of carboxylic acid groups (broad SMARTS) is 1. The van der Waals surface area contributed by atoms with Crippen LogP contribution in [-0.4, -0.2) is 44.8 Å². The van der Waals surface area contributed by atoms with E-state index in [4.69, 9.17) is 4.98 Å². The molecule has 0 spiro atoms. The van der Waals surface area contributed by atoms with Gasteiger partial charge in [-0.05, 0) is 50.5 Å². The van der Waals surface area contributed by atoms with Crippen LogP contribution in [0, 0.1) is 6.92 Å². The minimum Gasteiger partial charge on any atom is -0.478 e. The second-order valence-corrected chi connectivity index (χ2v) is 8.08. The molecule has 0 amide bonds. The Hall–Kier alpha value is -3.39. The summed E-state index contributed by atoms with van der Waals surface area (Å²) >= 11 is 0. The van der Waals surface area contributed by atoms with Crippen LogP contribution in [-0.2, 0) is 0 Å². The highest BCUT2D eigenvalue weighted by molar-refractivity contribution is 5.94. The van der Waals surface area contributed by atoms with Gasteiger partial charge in [0.25, 0.3) is 5.56 Å². The Labute approximate surface area is 179 Å². The van der Waals surface area contributed by atoms with Gasteiger partial charge in [-0.2, -0.15) is 0 Å². The molecule has 1 aliphatic rings. The van der Waals surface area contributed by atoms with Crippen molar-refractivity contribution in [2.75, 3.05) is 23.3 Å². The molecule has 31 heavy (non-hydrogen) atoms. The Morgan fingerprint density at radius 3 is 2.81 bits per heavy atom. The molecular formula is C23H26N4O4. The van der Waals surface area contributed by atoms with Crippen LogP contribution in [0.15, 0.2) is 47.4 Å². The molecule has 8 nitrogen and oxygen atoms in total. The van der Waals surface area contributed by atoms with Crippen molar-refractivity contribution in [3.8, 4) is 0 Å². The van der Waals surface area contributed by atoms with Crippen molar-refractivity contribution in [3.63, 3.8) is 0 Å². The van der Waals surface area contributed by atoms with E-state index in [1.165, 1.54) is 10.5 Å². The van der Waals surface area contributed by atoms with Gasteiger partial charge in [0.2, 0.25) is 0 Å². The van der Waals surface area contributed by atoms with Crippen LogP contribution >= 0.6 is 0 Å². The number of aliphatic hydroxyl groups is 1. The van der Waals surface area contributed by atoms with E-state index in [-0.39, 0.29) is 17.2 Å². The predicted octanol–water partition coefficient (Wildman–Crippen LogP) is 2.84. The van der Waals surface area contributed by atoms with E-state index in [9.17, 15) is 19.8 Å². The molecule has 0 bridgehead atoms. The number of rotatable bonds is 5. The maximum absolute atomic E-state index is 12.9. The molecule has 2 atom stereocenters. The van der Waals surface area contributed by atoms with E-state index in [2.05, 4.69) is 5.32 Å². The molecule has 4 rings (SSSR count). The maximum atomic E-state index is 12.9. The van der Waals surface area contributed by atoms with Crippen molar-refractivity contribution in [1.82, 2.24) is 9.38 Å². The summed E-state index contributed by atoms with van der Waals surface area (Å²) in [6, 6.07) is 9.89. The van der Waals surface area contributed by atoms with Gasteiger partial charge >= 0.3 is 5.97 Å². The first kappa shape index (κ1) is 20.9. The van der Waals surface area contributed by atoms with E-state index in [0.717, 1.165) is 30.5 Å². The van der Waals surface area contributed by atoms with Crippen molar-refractivity contribution < 1.29 is 15.0 Å². The number of fused-ring (bicyclic) bond motifs is 1. The van der Waals surface area contributed by atoms with E-state index in [1.807, 2.05) is 24.8 Å². The van der Waals surface area contributed by atoms with Gasteiger partial charge in [0.15, 0.2) is 0 Å². The van der Waals surface area contributed by atoms with Gasteiger partial charge < -0.3 is 20.4 Å². The zero-order valence-electron chi connectivity index (χ0n) is 17.6. The predicted molar refractivity (Wildman–Crippen MR) is 119 cm³/mol. The fourth-order valence-electron chi connectivity index (χ4n) is 4.11. The first-order chi connectivity index (χ1) is 14.8. The summed E-state index contributed by atoms with van der Waals surface area (Å²) in [5, 5.41) is 22.8. The lowest BCUT2D eigenvalue weighted by molar-refractivity contribution is 0.0698. The lowest BCUT2D eigenvalue weighted by Crippen LogP contribution is -2.39. The van der Waals surface area contributed by atoms with Gasteiger partial charge in [-0.15, -0.1) is 0 Å². The number of aliphatic hydroxyl groups excluding tert-OH is 1. The average molecular weight is 422 g/mol. The molecule has 2 unspecified atom stereocenters. The second kappa shape index (κ2) is 8.39. The third kappa shape index (κ3) is 4.25. The normalized spacial score (nSPS) is 17.5. The molecule has 1 aromatic carbocycles. The fourth-order valence-corrected chi connectivity index (χ4v) is 4.11. The number of β-amino-alcohol motifs (C(OH)–C–C–N with tert-alkyl or cyclic N) is 1. The number of aryl methyl sites for hydroxylation is 1. The summed E-state index contributed by atoms with van der Waals surface area (Å²) < 4.78 is 1.52. The highest BCUT2D eigenvalue weighted by Crippen LogP contribution is 2.26. The summed E-state index contributed by atoms with van der Waals surface area (Å²) in [6.45, 7) is 5.00. The number of aromatic carboxylic acids is 1. The molecule has 162 valence electrons. The summed E-state index contributed by atoms with van der Waals surface area (Å²) in [7, 11) is 0. The number of carboxylic acids is 1. The molecule has 8 heteroatoms. The van der Waals surface area contributed by atoms with E-state index < -0.39 is 12.1 Å². The number of pyridine rings is 1. The number of anilines is 2. The third-order valence-corrected chi connectivity index (χ3v) is 5.63. The average Bonchev–Trinajstić information content (AvgIpc) is 2.74. The number of para-hydroxylation sites is 1. The number of nitrogens with zero attached hydrogens (tertiary/aromatic N) is 3. The molecule has 0 aliphatic carbocycles. The number of nitrogens with one attached hydrogen (secondary N) is 1. The smallest absolute Gasteiger partial charge is 0.337 e. The van der Waals surface area contributed by atoms with Crippen LogP contribution < -0.4 is 15.8 Å². The van der Waals surface area contributed by atoms with Crippen molar-refractivity contribution in [1.29, 1.82) is 0 Å². The Balaban J connectivity index is 1.78. The highest BCUT2D eigenvalue weighted by Gasteiger charge is 2.22. The zero-order valence-corrected chi connectivity index (χ0v) is 17.6. The number of piperidine rings is 1. The molecule has 0 radical (unpaired) electrons. The number of hydrogen-bond acceptors (Lipinski definition) is 6. The highest BCUT2D eigenvalue weighted by atomic mass is 16.4. The molecule has 0 saturated carbocycles. The monoisotopic (exact) mass is 422 g/mol. The van der Waals surface area contributed by atoms with Crippen molar-refractivity contribution in [2.24, 2.45) is 0 Å². The van der Waals surface area contributed by atoms with Gasteiger partial charge in [-0.25, -0.2) is 9.78 Å². The minimum absolute atomic E-state index is 0.180. The first-order valence-corrected chi connectivity index (χ1v) is 10.4. The van der Waals surface area contributed by atoms with E-state index >= 15 is 0 Å². The lowest BCUT2D eigenvalue weighted by Gasteiger charge is -2.31. The number of carbonyl (C=O) groups is 1. The summed E-state index contributed by atoms with van der Waals surface area (Å²) in [6.07, 6.45) is 2.91. The molecule has 3 heterocycles. The molecule has 1 aliphatic heterocycles. The van der Waals surface area contributed by atoms with Gasteiger partial charge in [0.05, 0.1) is 17.7 Å². The van der Waals surface area contributed by atoms with Crippen LogP contribution in [0.2, 0.25) is 0 Å². The van der Waals surface area contributed by atoms with E-state index in [0.29, 0.717) is 23.7 Å².